The third kappa shape index (κ3) is 2.31. The maximum atomic E-state index is 10.4. The molecule has 0 saturated carbocycles. The Hall–Kier alpha value is -1.32. The zero-order valence-corrected chi connectivity index (χ0v) is 8.09. The summed E-state index contributed by atoms with van der Waals surface area (Å²) in [7, 11) is 0. The summed E-state index contributed by atoms with van der Waals surface area (Å²) in [4.78, 5) is 17.6. The normalized spacial score (nSPS) is 10.8. The molecular formula is C9H14N2O2. The van der Waals surface area contributed by atoms with Crippen LogP contribution in [0.2, 0.25) is 0 Å². The van der Waals surface area contributed by atoms with Gasteiger partial charge in [-0.1, -0.05) is 13.8 Å². The van der Waals surface area contributed by atoms with Gasteiger partial charge in [-0.3, -0.25) is 4.79 Å². The lowest BCUT2D eigenvalue weighted by atomic mass is 10.1. The van der Waals surface area contributed by atoms with Crippen LogP contribution >= 0.6 is 0 Å². The summed E-state index contributed by atoms with van der Waals surface area (Å²) in [5.41, 5.74) is 1.92. The summed E-state index contributed by atoms with van der Waals surface area (Å²) < 4.78 is 0. The zero-order valence-electron chi connectivity index (χ0n) is 8.09. The molecule has 0 aliphatic heterocycles. The van der Waals surface area contributed by atoms with Gasteiger partial charge in [-0.15, -0.1) is 0 Å². The van der Waals surface area contributed by atoms with Crippen LogP contribution < -0.4 is 0 Å². The summed E-state index contributed by atoms with van der Waals surface area (Å²) in [5, 5.41) is 8.55. The molecule has 0 unspecified atom stereocenters. The molecule has 1 heterocycles. The van der Waals surface area contributed by atoms with Crippen molar-refractivity contribution in [1.29, 1.82) is 0 Å². The van der Waals surface area contributed by atoms with Crippen LogP contribution in [0.1, 0.15) is 37.0 Å². The first-order valence-electron chi connectivity index (χ1n) is 4.28. The van der Waals surface area contributed by atoms with Crippen LogP contribution in [0.4, 0.5) is 0 Å². The number of aromatic amines is 1. The van der Waals surface area contributed by atoms with Crippen molar-refractivity contribution >= 4 is 5.97 Å². The number of hydrogen-bond acceptors (Lipinski definition) is 2. The summed E-state index contributed by atoms with van der Waals surface area (Å²) in [5.74, 6) is 0.0107. The van der Waals surface area contributed by atoms with Gasteiger partial charge >= 0.3 is 5.97 Å². The molecule has 0 saturated heterocycles. The van der Waals surface area contributed by atoms with Crippen LogP contribution in [0, 0.1) is 6.92 Å². The lowest BCUT2D eigenvalue weighted by molar-refractivity contribution is -0.136. The Kier molecular flexibility index (Phi) is 2.70. The highest BCUT2D eigenvalue weighted by Gasteiger charge is 2.11. The van der Waals surface area contributed by atoms with Crippen LogP contribution in [-0.2, 0) is 11.2 Å². The number of carbonyl (C=O) groups is 1. The van der Waals surface area contributed by atoms with E-state index >= 15 is 0 Å². The van der Waals surface area contributed by atoms with Crippen LogP contribution in [-0.4, -0.2) is 21.0 Å². The van der Waals surface area contributed by atoms with Gasteiger partial charge in [-0.2, -0.15) is 0 Å². The average Bonchev–Trinajstić information content (AvgIpc) is 2.29. The van der Waals surface area contributed by atoms with E-state index < -0.39 is 5.97 Å². The average molecular weight is 182 g/mol. The maximum Gasteiger partial charge on any atom is 0.311 e. The van der Waals surface area contributed by atoms with E-state index in [2.05, 4.69) is 9.97 Å². The van der Waals surface area contributed by atoms with Gasteiger partial charge in [0.25, 0.3) is 0 Å². The number of aromatic nitrogens is 2. The molecule has 13 heavy (non-hydrogen) atoms. The minimum absolute atomic E-state index is 0.0342. The number of aryl methyl sites for hydroxylation is 1. The smallest absolute Gasteiger partial charge is 0.311 e. The minimum atomic E-state index is -0.857. The number of H-pyrrole nitrogens is 1. The Morgan fingerprint density at radius 3 is 2.62 bits per heavy atom. The van der Waals surface area contributed by atoms with Gasteiger partial charge in [0.15, 0.2) is 0 Å². The third-order valence-electron chi connectivity index (χ3n) is 1.84. The number of imidazole rings is 1. The van der Waals surface area contributed by atoms with Crippen molar-refractivity contribution < 1.29 is 9.90 Å². The Morgan fingerprint density at radius 1 is 1.62 bits per heavy atom. The van der Waals surface area contributed by atoms with Crippen LogP contribution in [0.5, 0.6) is 0 Å². The highest BCUT2D eigenvalue weighted by molar-refractivity contribution is 5.69. The Labute approximate surface area is 77.0 Å². The van der Waals surface area contributed by atoms with Gasteiger partial charge in [-0.25, -0.2) is 4.98 Å². The molecule has 72 valence electrons. The van der Waals surface area contributed by atoms with Crippen molar-refractivity contribution in [3.05, 3.63) is 17.2 Å². The van der Waals surface area contributed by atoms with E-state index in [9.17, 15) is 4.79 Å². The van der Waals surface area contributed by atoms with Crippen molar-refractivity contribution in [2.24, 2.45) is 0 Å². The van der Waals surface area contributed by atoms with E-state index in [4.69, 9.17) is 5.11 Å². The molecule has 0 bridgehead atoms. The first kappa shape index (κ1) is 9.77. The summed E-state index contributed by atoms with van der Waals surface area (Å²) in [6.07, 6.45) is -0.0342. The van der Waals surface area contributed by atoms with Gasteiger partial charge in [-0.05, 0) is 12.8 Å². The van der Waals surface area contributed by atoms with Gasteiger partial charge in [0.05, 0.1) is 5.69 Å². The zero-order chi connectivity index (χ0) is 10.0. The Morgan fingerprint density at radius 2 is 2.23 bits per heavy atom. The monoisotopic (exact) mass is 182 g/mol. The number of hydrogen-bond donors (Lipinski definition) is 2. The highest BCUT2D eigenvalue weighted by Crippen LogP contribution is 2.16. The molecule has 0 radical (unpaired) electrons. The van der Waals surface area contributed by atoms with E-state index in [1.807, 2.05) is 20.8 Å². The molecule has 4 nitrogen and oxygen atoms in total. The van der Waals surface area contributed by atoms with Crippen molar-refractivity contribution in [3.8, 4) is 0 Å². The van der Waals surface area contributed by atoms with Crippen molar-refractivity contribution in [1.82, 2.24) is 9.97 Å². The number of carboxylic acid groups (broad SMARTS) is 1. The molecule has 0 aliphatic carbocycles. The first-order valence-corrected chi connectivity index (χ1v) is 4.28. The van der Waals surface area contributed by atoms with E-state index in [1.165, 1.54) is 0 Å². The predicted molar refractivity (Wildman–Crippen MR) is 48.8 cm³/mol. The predicted octanol–water partition coefficient (Wildman–Crippen LogP) is 1.47. The fraction of sp³-hybridized carbons (Fsp3) is 0.556. The van der Waals surface area contributed by atoms with Crippen LogP contribution in [0.15, 0.2) is 0 Å². The molecule has 0 aromatic carbocycles. The standard InChI is InChI=1S/C9H14N2O2/c1-5(2)9-6(3)10-7(11-9)4-8(12)13/h5H,4H2,1-3H3,(H,10,11)(H,12,13). The number of nitrogens with one attached hydrogen (secondary N) is 1. The fourth-order valence-corrected chi connectivity index (χ4v) is 1.33. The second-order valence-corrected chi connectivity index (χ2v) is 3.42. The second kappa shape index (κ2) is 3.60. The van der Waals surface area contributed by atoms with Crippen LogP contribution in [0.25, 0.3) is 0 Å². The summed E-state index contributed by atoms with van der Waals surface area (Å²) in [6, 6.07) is 0. The number of carboxylic acids is 1. The summed E-state index contributed by atoms with van der Waals surface area (Å²) in [6.45, 7) is 5.98. The topological polar surface area (TPSA) is 66.0 Å². The largest absolute Gasteiger partial charge is 0.481 e. The van der Waals surface area contributed by atoms with Crippen molar-refractivity contribution in [2.75, 3.05) is 0 Å². The van der Waals surface area contributed by atoms with Gasteiger partial charge < -0.3 is 10.1 Å². The molecule has 4 heteroatoms. The lowest BCUT2D eigenvalue weighted by Gasteiger charge is -1.99. The number of nitrogens with zero attached hydrogens (tertiary/aromatic N) is 1. The van der Waals surface area contributed by atoms with E-state index in [0.29, 0.717) is 11.7 Å². The third-order valence-corrected chi connectivity index (χ3v) is 1.84. The molecule has 1 aromatic heterocycles. The maximum absolute atomic E-state index is 10.4. The minimum Gasteiger partial charge on any atom is -0.481 e. The molecule has 1 rings (SSSR count). The lowest BCUT2D eigenvalue weighted by Crippen LogP contribution is -2.01. The number of aliphatic carboxylic acids is 1. The molecule has 2 N–H and O–H groups in total. The van der Waals surface area contributed by atoms with Crippen molar-refractivity contribution in [3.63, 3.8) is 0 Å². The SMILES string of the molecule is Cc1[nH]c(CC(=O)O)nc1C(C)C. The molecule has 0 spiro atoms. The van der Waals surface area contributed by atoms with Gasteiger partial charge in [0.1, 0.15) is 12.2 Å². The fourth-order valence-electron chi connectivity index (χ4n) is 1.33. The van der Waals surface area contributed by atoms with E-state index in [-0.39, 0.29) is 6.42 Å². The molecule has 0 amide bonds. The quantitative estimate of drug-likeness (QED) is 0.743. The van der Waals surface area contributed by atoms with E-state index in [0.717, 1.165) is 11.4 Å². The molecule has 0 atom stereocenters. The van der Waals surface area contributed by atoms with Crippen LogP contribution in [0.3, 0.4) is 0 Å². The molecule has 1 aromatic rings. The van der Waals surface area contributed by atoms with Gasteiger partial charge in [0, 0.05) is 5.69 Å². The molecular weight excluding hydrogens is 168 g/mol. The molecule has 0 fully saturated rings. The molecule has 0 aliphatic rings. The van der Waals surface area contributed by atoms with Crippen molar-refractivity contribution in [2.45, 2.75) is 33.1 Å². The Bertz CT molecular complexity index is 315. The second-order valence-electron chi connectivity index (χ2n) is 3.42. The first-order chi connectivity index (χ1) is 6.00. The number of rotatable bonds is 3. The highest BCUT2D eigenvalue weighted by atomic mass is 16.4. The van der Waals surface area contributed by atoms with Gasteiger partial charge in [0.2, 0.25) is 0 Å². The summed E-state index contributed by atoms with van der Waals surface area (Å²) >= 11 is 0. The van der Waals surface area contributed by atoms with E-state index in [1.54, 1.807) is 0 Å². The Balaban J connectivity index is 2.88.